The van der Waals surface area contributed by atoms with Crippen molar-refractivity contribution in [1.82, 2.24) is 14.9 Å². The first-order valence-electron chi connectivity index (χ1n) is 8.92. The number of nitrogens with one attached hydrogen (secondary N) is 1. The summed E-state index contributed by atoms with van der Waals surface area (Å²) in [5.74, 6) is 0.388. The summed E-state index contributed by atoms with van der Waals surface area (Å²) >= 11 is 0. The Kier molecular flexibility index (Phi) is 4.80. The molecule has 25 heavy (non-hydrogen) atoms. The first-order valence-corrected chi connectivity index (χ1v) is 8.92. The predicted octanol–water partition coefficient (Wildman–Crippen LogP) is 1.07. The summed E-state index contributed by atoms with van der Waals surface area (Å²) < 4.78 is 24.6. The molecule has 4 unspecified atom stereocenters. The molecule has 1 aromatic heterocycles. The molecule has 1 N–H and O–H groups in total. The van der Waals surface area contributed by atoms with Crippen LogP contribution in [0.2, 0.25) is 0 Å². The fourth-order valence-corrected chi connectivity index (χ4v) is 4.29. The van der Waals surface area contributed by atoms with Crippen molar-refractivity contribution < 1.29 is 18.7 Å². The molecule has 4 atom stereocenters. The molecule has 3 aliphatic heterocycles. The van der Waals surface area contributed by atoms with E-state index in [1.165, 1.54) is 12.4 Å². The summed E-state index contributed by atoms with van der Waals surface area (Å²) in [6, 6.07) is 0.162. The smallest absolute Gasteiger partial charge is 0.255 e. The third kappa shape index (κ3) is 3.46. The molecule has 0 radical (unpaired) electrons. The van der Waals surface area contributed by atoms with Gasteiger partial charge in [-0.1, -0.05) is 0 Å². The van der Waals surface area contributed by atoms with Crippen LogP contribution >= 0.6 is 0 Å². The summed E-state index contributed by atoms with van der Waals surface area (Å²) in [6.45, 7) is 2.73. The number of halogens is 1. The zero-order valence-electron chi connectivity index (χ0n) is 14.1. The minimum absolute atomic E-state index is 0.0322. The maximum Gasteiger partial charge on any atom is 0.255 e. The molecule has 136 valence electrons. The average Bonchev–Trinajstić information content (AvgIpc) is 2.68. The molecule has 3 saturated heterocycles. The van der Waals surface area contributed by atoms with E-state index in [4.69, 9.17) is 9.47 Å². The number of aromatic nitrogens is 2. The van der Waals surface area contributed by atoms with Crippen LogP contribution in [0.15, 0.2) is 12.4 Å². The Balaban J connectivity index is 1.41. The molecular formula is C17H23FN4O3. The molecule has 0 aromatic carbocycles. The van der Waals surface area contributed by atoms with Gasteiger partial charge in [-0.15, -0.1) is 0 Å². The quantitative estimate of drug-likeness (QED) is 0.875. The van der Waals surface area contributed by atoms with Crippen LogP contribution in [0.1, 0.15) is 19.3 Å². The number of rotatable bonds is 4. The fourth-order valence-electron chi connectivity index (χ4n) is 4.29. The van der Waals surface area contributed by atoms with Crippen LogP contribution in [0.25, 0.3) is 0 Å². The van der Waals surface area contributed by atoms with Crippen LogP contribution in [0.5, 0.6) is 0 Å². The number of nitrogens with zero attached hydrogens (tertiary/aromatic N) is 3. The van der Waals surface area contributed by atoms with E-state index in [0.717, 1.165) is 25.8 Å². The van der Waals surface area contributed by atoms with Gasteiger partial charge in [-0.05, 0) is 31.1 Å². The molecule has 1 amide bonds. The second-order valence-corrected chi connectivity index (χ2v) is 7.01. The first-order chi connectivity index (χ1) is 12.2. The highest BCUT2D eigenvalue weighted by molar-refractivity contribution is 5.81. The average molecular weight is 350 g/mol. The molecule has 1 aliphatic carbocycles. The van der Waals surface area contributed by atoms with Crippen molar-refractivity contribution in [2.24, 2.45) is 11.8 Å². The molecule has 7 nitrogen and oxygen atoms in total. The maximum absolute atomic E-state index is 13.6. The Morgan fingerprint density at radius 2 is 2.20 bits per heavy atom. The molecular weight excluding hydrogens is 327 g/mol. The third-order valence-corrected chi connectivity index (χ3v) is 5.47. The SMILES string of the molecule is O=C(C1COCCO1)N1CC2CCC1C(CNc1nccnc1F)C2. The van der Waals surface area contributed by atoms with Gasteiger partial charge in [-0.2, -0.15) is 4.39 Å². The minimum atomic E-state index is -0.593. The number of fused-ring (bicyclic) bond motifs is 3. The van der Waals surface area contributed by atoms with E-state index in [1.54, 1.807) is 0 Å². The van der Waals surface area contributed by atoms with Gasteiger partial charge >= 0.3 is 0 Å². The zero-order chi connectivity index (χ0) is 17.2. The van der Waals surface area contributed by atoms with Gasteiger partial charge < -0.3 is 19.7 Å². The third-order valence-electron chi connectivity index (χ3n) is 5.47. The van der Waals surface area contributed by atoms with E-state index >= 15 is 0 Å². The predicted molar refractivity (Wildman–Crippen MR) is 87.4 cm³/mol. The number of carbonyl (C=O) groups excluding carboxylic acids is 1. The highest BCUT2D eigenvalue weighted by Crippen LogP contribution is 2.39. The minimum Gasteiger partial charge on any atom is -0.376 e. The molecule has 4 heterocycles. The van der Waals surface area contributed by atoms with E-state index in [-0.39, 0.29) is 23.7 Å². The number of anilines is 1. The number of carbonyl (C=O) groups is 1. The summed E-state index contributed by atoms with van der Waals surface area (Å²) in [7, 11) is 0. The van der Waals surface area contributed by atoms with Crippen LogP contribution in [0, 0.1) is 17.8 Å². The van der Waals surface area contributed by atoms with Crippen LogP contribution in [0.4, 0.5) is 10.2 Å². The lowest BCUT2D eigenvalue weighted by Crippen LogP contribution is -2.60. The number of piperidine rings is 2. The van der Waals surface area contributed by atoms with Crippen LogP contribution in [-0.4, -0.2) is 65.8 Å². The number of amides is 1. The van der Waals surface area contributed by atoms with Gasteiger partial charge in [0, 0.05) is 31.5 Å². The summed E-state index contributed by atoms with van der Waals surface area (Å²) in [6.07, 6.45) is 5.49. The van der Waals surface area contributed by atoms with Crippen molar-refractivity contribution in [2.45, 2.75) is 31.4 Å². The standard InChI is InChI=1S/C17H23FN4O3/c18-15-16(20-4-3-19-15)21-8-12-7-11-1-2-13(12)22(9-11)17(23)14-10-24-5-6-25-14/h3-4,11-14H,1-2,5-10H2,(H,20,21). The van der Waals surface area contributed by atoms with E-state index < -0.39 is 12.1 Å². The Labute approximate surface area is 145 Å². The molecule has 0 spiro atoms. The van der Waals surface area contributed by atoms with Crippen molar-refractivity contribution in [2.75, 3.05) is 38.2 Å². The van der Waals surface area contributed by atoms with E-state index in [1.807, 2.05) is 4.90 Å². The maximum atomic E-state index is 13.6. The number of hydrogen-bond acceptors (Lipinski definition) is 6. The normalized spacial score (nSPS) is 31.8. The largest absolute Gasteiger partial charge is 0.376 e. The van der Waals surface area contributed by atoms with Gasteiger partial charge in [0.05, 0.1) is 19.8 Å². The second kappa shape index (κ2) is 7.21. The fraction of sp³-hybridized carbons (Fsp3) is 0.706. The highest BCUT2D eigenvalue weighted by atomic mass is 19.1. The van der Waals surface area contributed by atoms with Crippen molar-refractivity contribution in [3.8, 4) is 0 Å². The molecule has 4 aliphatic rings. The summed E-state index contributed by atoms with van der Waals surface area (Å²) in [5, 5.41) is 3.06. The summed E-state index contributed by atoms with van der Waals surface area (Å²) in [4.78, 5) is 22.4. The van der Waals surface area contributed by atoms with Crippen molar-refractivity contribution >= 4 is 11.7 Å². The van der Waals surface area contributed by atoms with Crippen LogP contribution < -0.4 is 5.32 Å². The lowest BCUT2D eigenvalue weighted by atomic mass is 9.72. The van der Waals surface area contributed by atoms with E-state index in [9.17, 15) is 9.18 Å². The summed E-state index contributed by atoms with van der Waals surface area (Å²) in [5.41, 5.74) is 0. The zero-order valence-corrected chi connectivity index (χ0v) is 14.1. The number of hydrogen-bond donors (Lipinski definition) is 1. The van der Waals surface area contributed by atoms with Gasteiger partial charge in [0.1, 0.15) is 0 Å². The van der Waals surface area contributed by atoms with Crippen LogP contribution in [-0.2, 0) is 14.3 Å². The van der Waals surface area contributed by atoms with Gasteiger partial charge in [-0.25, -0.2) is 9.97 Å². The second-order valence-electron chi connectivity index (χ2n) is 7.01. The van der Waals surface area contributed by atoms with Gasteiger partial charge in [0.2, 0.25) is 0 Å². The molecule has 1 aromatic rings. The lowest BCUT2D eigenvalue weighted by molar-refractivity contribution is -0.167. The number of ether oxygens (including phenoxy) is 2. The highest BCUT2D eigenvalue weighted by Gasteiger charge is 2.44. The Hall–Kier alpha value is -1.80. The van der Waals surface area contributed by atoms with Crippen molar-refractivity contribution in [3.63, 3.8) is 0 Å². The topological polar surface area (TPSA) is 76.6 Å². The van der Waals surface area contributed by atoms with E-state index in [0.29, 0.717) is 32.3 Å². The van der Waals surface area contributed by atoms with Crippen molar-refractivity contribution in [1.29, 1.82) is 0 Å². The van der Waals surface area contributed by atoms with Gasteiger partial charge in [-0.3, -0.25) is 4.79 Å². The molecule has 2 bridgehead atoms. The van der Waals surface area contributed by atoms with E-state index in [2.05, 4.69) is 15.3 Å². The molecule has 5 rings (SSSR count). The van der Waals surface area contributed by atoms with Crippen LogP contribution in [0.3, 0.4) is 0 Å². The Morgan fingerprint density at radius 3 is 2.96 bits per heavy atom. The molecule has 4 fully saturated rings. The van der Waals surface area contributed by atoms with Gasteiger partial charge in [0.25, 0.3) is 11.9 Å². The van der Waals surface area contributed by atoms with Gasteiger partial charge in [0.15, 0.2) is 11.9 Å². The molecule has 8 heteroatoms. The van der Waals surface area contributed by atoms with Crippen molar-refractivity contribution in [3.05, 3.63) is 18.3 Å². The Bertz CT molecular complexity index is 626. The first kappa shape index (κ1) is 16.7. The Morgan fingerprint density at radius 1 is 1.32 bits per heavy atom. The monoisotopic (exact) mass is 350 g/mol. The molecule has 1 saturated carbocycles. The lowest BCUT2D eigenvalue weighted by Gasteiger charge is -2.51.